The van der Waals surface area contributed by atoms with Crippen LogP contribution in [0.2, 0.25) is 0 Å². The van der Waals surface area contributed by atoms with E-state index in [2.05, 4.69) is 31.9 Å². The van der Waals surface area contributed by atoms with Crippen molar-refractivity contribution in [3.8, 4) is 0 Å². The summed E-state index contributed by atoms with van der Waals surface area (Å²) in [6.45, 7) is 5.42. The van der Waals surface area contributed by atoms with Crippen LogP contribution >= 0.6 is 0 Å². The van der Waals surface area contributed by atoms with Crippen molar-refractivity contribution < 1.29 is 9.21 Å². The lowest BCUT2D eigenvalue weighted by Gasteiger charge is -2.35. The molecule has 0 bridgehead atoms. The number of carbonyl (C=O) groups excluding carboxylic acids is 1. The number of benzene rings is 1. The summed E-state index contributed by atoms with van der Waals surface area (Å²) in [5.74, 6) is 2.87. The number of nitrogens with zero attached hydrogens (tertiary/aromatic N) is 5. The van der Waals surface area contributed by atoms with Gasteiger partial charge in [0.05, 0.1) is 6.26 Å². The van der Waals surface area contributed by atoms with Crippen LogP contribution in [0, 0.1) is 6.92 Å². The fourth-order valence-corrected chi connectivity index (χ4v) is 3.53. The minimum Gasteiger partial charge on any atom is -0.459 e. The van der Waals surface area contributed by atoms with E-state index in [1.165, 1.54) is 11.8 Å². The first kappa shape index (κ1) is 19.0. The molecule has 4 rings (SSSR count). The molecule has 1 aliphatic rings. The Morgan fingerprint density at radius 2 is 1.83 bits per heavy atom. The zero-order valence-corrected chi connectivity index (χ0v) is 16.8. The lowest BCUT2D eigenvalue weighted by molar-refractivity contribution is 0.0714. The number of rotatable bonds is 5. The van der Waals surface area contributed by atoms with E-state index in [9.17, 15) is 4.79 Å². The van der Waals surface area contributed by atoms with Crippen molar-refractivity contribution in [2.45, 2.75) is 13.5 Å². The lowest BCUT2D eigenvalue weighted by Crippen LogP contribution is -2.49. The van der Waals surface area contributed by atoms with Crippen LogP contribution in [0.5, 0.6) is 0 Å². The maximum atomic E-state index is 12.5. The van der Waals surface area contributed by atoms with Crippen molar-refractivity contribution >= 4 is 17.5 Å². The molecule has 0 unspecified atom stereocenters. The molecule has 2 aromatic heterocycles. The maximum absolute atomic E-state index is 12.5. The molecule has 1 fully saturated rings. The minimum absolute atomic E-state index is 0.0585. The number of furan rings is 1. The molecule has 0 radical (unpaired) electrons. The summed E-state index contributed by atoms with van der Waals surface area (Å²) < 4.78 is 5.24. The molecule has 1 saturated heterocycles. The van der Waals surface area contributed by atoms with E-state index in [1.54, 1.807) is 12.1 Å². The molecule has 1 aromatic carbocycles. The average molecular weight is 391 g/mol. The van der Waals surface area contributed by atoms with Gasteiger partial charge in [-0.25, -0.2) is 9.97 Å². The fourth-order valence-electron chi connectivity index (χ4n) is 3.53. The summed E-state index contributed by atoms with van der Waals surface area (Å²) in [4.78, 5) is 27.9. The molecule has 3 aromatic rings. The standard InChI is InChI=1S/C22H25N5O2/c1-17-23-20(25(2)16-18-7-4-3-5-8-18)15-21(24-17)26-10-12-27(13-11-26)22(28)19-9-6-14-29-19/h3-9,14-15H,10-13,16H2,1-2H3. The average Bonchev–Trinajstić information content (AvgIpc) is 3.28. The predicted molar refractivity (Wildman–Crippen MR) is 112 cm³/mol. The molecule has 29 heavy (non-hydrogen) atoms. The molecule has 0 saturated carbocycles. The molecule has 7 nitrogen and oxygen atoms in total. The normalized spacial score (nSPS) is 14.1. The van der Waals surface area contributed by atoms with E-state index < -0.39 is 0 Å². The highest BCUT2D eigenvalue weighted by Gasteiger charge is 2.25. The number of piperazine rings is 1. The minimum atomic E-state index is -0.0585. The molecule has 150 valence electrons. The molecule has 7 heteroatoms. The molecule has 1 aliphatic heterocycles. The second kappa shape index (κ2) is 8.34. The second-order valence-corrected chi connectivity index (χ2v) is 7.23. The van der Waals surface area contributed by atoms with Crippen molar-refractivity contribution in [2.24, 2.45) is 0 Å². The molecule has 3 heterocycles. The Labute approximate surface area is 170 Å². The van der Waals surface area contributed by atoms with Crippen molar-refractivity contribution in [3.05, 3.63) is 71.9 Å². The van der Waals surface area contributed by atoms with Gasteiger partial charge in [-0.2, -0.15) is 0 Å². The molecule has 1 amide bonds. The van der Waals surface area contributed by atoms with Gasteiger partial charge < -0.3 is 19.1 Å². The number of hydrogen-bond donors (Lipinski definition) is 0. The first-order chi connectivity index (χ1) is 14.1. The van der Waals surface area contributed by atoms with E-state index in [1.807, 2.05) is 43.1 Å². The molecule has 0 N–H and O–H groups in total. The fraction of sp³-hybridized carbons (Fsp3) is 0.318. The van der Waals surface area contributed by atoms with Gasteiger partial charge in [0.25, 0.3) is 5.91 Å². The third-order valence-electron chi connectivity index (χ3n) is 5.09. The van der Waals surface area contributed by atoms with Gasteiger partial charge in [-0.3, -0.25) is 4.79 Å². The zero-order valence-electron chi connectivity index (χ0n) is 16.8. The number of anilines is 2. The summed E-state index contributed by atoms with van der Waals surface area (Å²) in [5, 5.41) is 0. The van der Waals surface area contributed by atoms with Crippen LogP contribution in [0.3, 0.4) is 0 Å². The van der Waals surface area contributed by atoms with Gasteiger partial charge in [0.1, 0.15) is 17.5 Å². The molecule has 0 aliphatic carbocycles. The maximum Gasteiger partial charge on any atom is 0.289 e. The highest BCUT2D eigenvalue weighted by Crippen LogP contribution is 2.21. The van der Waals surface area contributed by atoms with E-state index >= 15 is 0 Å². The van der Waals surface area contributed by atoms with Crippen LogP contribution in [-0.2, 0) is 6.54 Å². The molecule has 0 atom stereocenters. The van der Waals surface area contributed by atoms with E-state index in [0.717, 1.165) is 37.1 Å². The Bertz CT molecular complexity index is 951. The van der Waals surface area contributed by atoms with Gasteiger partial charge in [-0.1, -0.05) is 30.3 Å². The van der Waals surface area contributed by atoms with Crippen LogP contribution in [0.25, 0.3) is 0 Å². The van der Waals surface area contributed by atoms with Gasteiger partial charge >= 0.3 is 0 Å². The monoisotopic (exact) mass is 391 g/mol. The Morgan fingerprint density at radius 3 is 2.52 bits per heavy atom. The molecular formula is C22H25N5O2. The highest BCUT2D eigenvalue weighted by molar-refractivity contribution is 5.91. The molecule has 0 spiro atoms. The Balaban J connectivity index is 1.43. The van der Waals surface area contributed by atoms with Crippen molar-refractivity contribution in [3.63, 3.8) is 0 Å². The van der Waals surface area contributed by atoms with Crippen LogP contribution < -0.4 is 9.80 Å². The third kappa shape index (κ3) is 4.39. The number of aryl methyl sites for hydroxylation is 1. The summed E-state index contributed by atoms with van der Waals surface area (Å²) in [5.41, 5.74) is 1.23. The first-order valence-corrected chi connectivity index (χ1v) is 9.78. The zero-order chi connectivity index (χ0) is 20.2. The summed E-state index contributed by atoms with van der Waals surface area (Å²) >= 11 is 0. The molecular weight excluding hydrogens is 366 g/mol. The van der Waals surface area contributed by atoms with Crippen molar-refractivity contribution in [1.82, 2.24) is 14.9 Å². The van der Waals surface area contributed by atoms with Crippen molar-refractivity contribution in [1.29, 1.82) is 0 Å². The summed E-state index contributed by atoms with van der Waals surface area (Å²) in [6.07, 6.45) is 1.53. The van der Waals surface area contributed by atoms with E-state index in [0.29, 0.717) is 18.8 Å². The van der Waals surface area contributed by atoms with Crippen LogP contribution in [0.4, 0.5) is 11.6 Å². The van der Waals surface area contributed by atoms with Gasteiger partial charge in [0.2, 0.25) is 0 Å². The summed E-state index contributed by atoms with van der Waals surface area (Å²) in [7, 11) is 2.04. The summed E-state index contributed by atoms with van der Waals surface area (Å²) in [6, 6.07) is 15.8. The van der Waals surface area contributed by atoms with Gasteiger partial charge in [-0.15, -0.1) is 0 Å². The van der Waals surface area contributed by atoms with E-state index in [-0.39, 0.29) is 5.91 Å². The van der Waals surface area contributed by atoms with E-state index in [4.69, 9.17) is 4.42 Å². The van der Waals surface area contributed by atoms with Crippen LogP contribution in [-0.4, -0.2) is 54.0 Å². The number of aromatic nitrogens is 2. The van der Waals surface area contributed by atoms with Gasteiger partial charge in [0.15, 0.2) is 5.76 Å². The van der Waals surface area contributed by atoms with Gasteiger partial charge in [0, 0.05) is 45.8 Å². The lowest BCUT2D eigenvalue weighted by atomic mass is 10.2. The number of carbonyl (C=O) groups is 1. The Hall–Kier alpha value is -3.35. The van der Waals surface area contributed by atoms with Crippen LogP contribution in [0.15, 0.2) is 59.2 Å². The first-order valence-electron chi connectivity index (χ1n) is 9.78. The Morgan fingerprint density at radius 1 is 1.07 bits per heavy atom. The number of amides is 1. The second-order valence-electron chi connectivity index (χ2n) is 7.23. The highest BCUT2D eigenvalue weighted by atomic mass is 16.3. The number of hydrogen-bond acceptors (Lipinski definition) is 6. The topological polar surface area (TPSA) is 65.7 Å². The quantitative estimate of drug-likeness (QED) is 0.666. The largest absolute Gasteiger partial charge is 0.459 e. The predicted octanol–water partition coefficient (Wildman–Crippen LogP) is 2.98. The smallest absolute Gasteiger partial charge is 0.289 e. The Kier molecular flexibility index (Phi) is 5.46. The van der Waals surface area contributed by atoms with Gasteiger partial charge in [-0.05, 0) is 24.6 Å². The SMILES string of the molecule is Cc1nc(N(C)Cc2ccccc2)cc(N2CCN(C(=O)c3ccco3)CC2)n1. The third-order valence-corrected chi connectivity index (χ3v) is 5.09. The van der Waals surface area contributed by atoms with Crippen molar-refractivity contribution in [2.75, 3.05) is 43.0 Å². The van der Waals surface area contributed by atoms with Crippen LogP contribution in [0.1, 0.15) is 21.9 Å².